The van der Waals surface area contributed by atoms with Crippen molar-refractivity contribution in [3.63, 3.8) is 0 Å². The number of hydrogen-bond donors (Lipinski definition) is 0. The van der Waals surface area contributed by atoms with Crippen molar-refractivity contribution in [2.75, 3.05) is 6.54 Å². The molecule has 0 N–H and O–H groups in total. The third-order valence-corrected chi connectivity index (χ3v) is 4.12. The van der Waals surface area contributed by atoms with E-state index in [-0.39, 0.29) is 17.9 Å². The number of amides is 1. The van der Waals surface area contributed by atoms with E-state index in [0.717, 1.165) is 0 Å². The van der Waals surface area contributed by atoms with Crippen molar-refractivity contribution >= 4 is 28.5 Å². The molecule has 0 fully saturated rings. The molecule has 0 spiro atoms. The minimum absolute atomic E-state index is 0.00535. The standard InChI is InChI=1S/C11H18F2INO/c1-5-9(16)15(7(2)3)6-8(4)10(14)11(12)13/h5,7-8,10-11H,1,6H2,2-4H3. The Labute approximate surface area is 109 Å². The van der Waals surface area contributed by atoms with Gasteiger partial charge in [-0.2, -0.15) is 0 Å². The highest BCUT2D eigenvalue weighted by Crippen LogP contribution is 2.22. The summed E-state index contributed by atoms with van der Waals surface area (Å²) in [7, 11) is 0. The molecule has 0 bridgehead atoms. The van der Waals surface area contributed by atoms with Gasteiger partial charge in [0, 0.05) is 12.6 Å². The average molecular weight is 345 g/mol. The molecule has 16 heavy (non-hydrogen) atoms. The Balaban J connectivity index is 4.52. The van der Waals surface area contributed by atoms with Crippen LogP contribution in [0.3, 0.4) is 0 Å². The summed E-state index contributed by atoms with van der Waals surface area (Å²) in [6, 6.07) is -0.00535. The maximum Gasteiger partial charge on any atom is 0.250 e. The fourth-order valence-electron chi connectivity index (χ4n) is 1.33. The van der Waals surface area contributed by atoms with Crippen LogP contribution in [0.25, 0.3) is 0 Å². The van der Waals surface area contributed by atoms with Crippen molar-refractivity contribution in [3.05, 3.63) is 12.7 Å². The SMILES string of the molecule is C=CC(=O)N(CC(C)C(I)C(F)F)C(C)C. The Kier molecular flexibility index (Phi) is 7.10. The quantitative estimate of drug-likeness (QED) is 0.412. The molecule has 0 aromatic rings. The summed E-state index contributed by atoms with van der Waals surface area (Å²) in [5.41, 5.74) is 0. The molecule has 0 aromatic carbocycles. The Morgan fingerprint density at radius 2 is 1.94 bits per heavy atom. The normalized spacial score (nSPS) is 15.0. The first-order valence-electron chi connectivity index (χ1n) is 5.16. The Hall–Kier alpha value is -0.200. The molecule has 0 aliphatic carbocycles. The predicted molar refractivity (Wildman–Crippen MR) is 70.0 cm³/mol. The van der Waals surface area contributed by atoms with Crippen LogP contribution in [0.2, 0.25) is 0 Å². The van der Waals surface area contributed by atoms with Crippen LogP contribution in [0, 0.1) is 5.92 Å². The number of hydrogen-bond acceptors (Lipinski definition) is 1. The second kappa shape index (κ2) is 7.19. The van der Waals surface area contributed by atoms with Gasteiger partial charge in [-0.1, -0.05) is 36.1 Å². The first-order chi connectivity index (χ1) is 7.31. The predicted octanol–water partition coefficient (Wildman–Crippen LogP) is 3.11. The zero-order valence-corrected chi connectivity index (χ0v) is 11.9. The maximum atomic E-state index is 12.5. The zero-order valence-electron chi connectivity index (χ0n) is 9.79. The smallest absolute Gasteiger partial charge is 0.250 e. The van der Waals surface area contributed by atoms with E-state index in [9.17, 15) is 13.6 Å². The molecule has 1 amide bonds. The van der Waals surface area contributed by atoms with Gasteiger partial charge in [0.2, 0.25) is 5.91 Å². The number of carbonyl (C=O) groups excluding carboxylic acids is 1. The fraction of sp³-hybridized carbons (Fsp3) is 0.727. The van der Waals surface area contributed by atoms with Gasteiger partial charge in [0.25, 0.3) is 6.43 Å². The molecule has 0 aromatic heterocycles. The van der Waals surface area contributed by atoms with Gasteiger partial charge in [0.15, 0.2) is 0 Å². The number of alkyl halides is 3. The van der Waals surface area contributed by atoms with Crippen molar-refractivity contribution in [1.82, 2.24) is 4.90 Å². The fourth-order valence-corrected chi connectivity index (χ4v) is 1.56. The number of carbonyl (C=O) groups is 1. The minimum atomic E-state index is -2.36. The molecule has 0 rings (SSSR count). The highest BCUT2D eigenvalue weighted by atomic mass is 127. The lowest BCUT2D eigenvalue weighted by Gasteiger charge is -2.30. The third-order valence-electron chi connectivity index (χ3n) is 2.35. The highest BCUT2D eigenvalue weighted by molar-refractivity contribution is 14.1. The lowest BCUT2D eigenvalue weighted by molar-refractivity contribution is -0.128. The summed E-state index contributed by atoms with van der Waals surface area (Å²) in [5.74, 6) is -0.452. The molecule has 2 unspecified atom stereocenters. The molecule has 0 heterocycles. The van der Waals surface area contributed by atoms with Crippen molar-refractivity contribution in [1.29, 1.82) is 0 Å². The average Bonchev–Trinajstić information content (AvgIpc) is 2.22. The van der Waals surface area contributed by atoms with E-state index in [1.807, 2.05) is 13.8 Å². The second-order valence-corrected chi connectivity index (χ2v) is 5.48. The molecule has 2 nitrogen and oxygen atoms in total. The highest BCUT2D eigenvalue weighted by Gasteiger charge is 2.27. The van der Waals surface area contributed by atoms with E-state index in [1.54, 1.807) is 34.4 Å². The summed E-state index contributed by atoms with van der Waals surface area (Å²) >= 11 is 1.74. The van der Waals surface area contributed by atoms with Crippen LogP contribution in [0.15, 0.2) is 12.7 Å². The van der Waals surface area contributed by atoms with Crippen LogP contribution in [0.4, 0.5) is 8.78 Å². The number of halogens is 3. The Morgan fingerprint density at radius 1 is 1.44 bits per heavy atom. The van der Waals surface area contributed by atoms with Gasteiger partial charge in [0.1, 0.15) is 0 Å². The molecular formula is C11H18F2INO. The Morgan fingerprint density at radius 3 is 2.25 bits per heavy atom. The lowest BCUT2D eigenvalue weighted by Crippen LogP contribution is -2.41. The van der Waals surface area contributed by atoms with Crippen LogP contribution < -0.4 is 0 Å². The molecule has 94 valence electrons. The van der Waals surface area contributed by atoms with Gasteiger partial charge in [0.05, 0.1) is 3.92 Å². The van der Waals surface area contributed by atoms with Crippen molar-refractivity contribution < 1.29 is 13.6 Å². The van der Waals surface area contributed by atoms with E-state index in [4.69, 9.17) is 0 Å². The molecule has 2 atom stereocenters. The van der Waals surface area contributed by atoms with Crippen molar-refractivity contribution in [2.45, 2.75) is 37.2 Å². The van der Waals surface area contributed by atoms with E-state index in [1.165, 1.54) is 6.08 Å². The van der Waals surface area contributed by atoms with Crippen LogP contribution in [0.5, 0.6) is 0 Å². The molecule has 0 radical (unpaired) electrons. The zero-order chi connectivity index (χ0) is 12.9. The van der Waals surface area contributed by atoms with E-state index < -0.39 is 10.4 Å². The van der Waals surface area contributed by atoms with E-state index in [0.29, 0.717) is 6.54 Å². The Bertz CT molecular complexity index is 246. The monoisotopic (exact) mass is 345 g/mol. The molecule has 0 aliphatic heterocycles. The van der Waals surface area contributed by atoms with Crippen LogP contribution in [0.1, 0.15) is 20.8 Å². The minimum Gasteiger partial charge on any atom is -0.336 e. The van der Waals surface area contributed by atoms with Gasteiger partial charge in [-0.05, 0) is 25.8 Å². The second-order valence-electron chi connectivity index (χ2n) is 4.04. The van der Waals surface area contributed by atoms with E-state index >= 15 is 0 Å². The maximum absolute atomic E-state index is 12.5. The summed E-state index contributed by atoms with van der Waals surface area (Å²) in [4.78, 5) is 13.1. The summed E-state index contributed by atoms with van der Waals surface area (Å²) in [6.07, 6.45) is -1.14. The first kappa shape index (κ1) is 15.8. The van der Waals surface area contributed by atoms with Gasteiger partial charge in [-0.15, -0.1) is 0 Å². The summed E-state index contributed by atoms with van der Waals surface area (Å²) < 4.78 is 24.2. The molecule has 5 heteroatoms. The molecule has 0 aliphatic rings. The van der Waals surface area contributed by atoms with Gasteiger partial charge in [-0.3, -0.25) is 4.79 Å². The van der Waals surface area contributed by atoms with Crippen molar-refractivity contribution in [2.24, 2.45) is 5.92 Å². The largest absolute Gasteiger partial charge is 0.336 e. The summed E-state index contributed by atoms with van der Waals surface area (Å²) in [5, 5.41) is 0. The van der Waals surface area contributed by atoms with Gasteiger partial charge in [-0.25, -0.2) is 8.78 Å². The molecule has 0 saturated carbocycles. The molecule has 0 saturated heterocycles. The van der Waals surface area contributed by atoms with E-state index in [2.05, 4.69) is 6.58 Å². The number of nitrogens with zero attached hydrogens (tertiary/aromatic N) is 1. The van der Waals surface area contributed by atoms with Crippen LogP contribution in [-0.4, -0.2) is 33.7 Å². The molecular weight excluding hydrogens is 327 g/mol. The topological polar surface area (TPSA) is 20.3 Å². The van der Waals surface area contributed by atoms with Gasteiger partial charge >= 0.3 is 0 Å². The van der Waals surface area contributed by atoms with Crippen LogP contribution in [-0.2, 0) is 4.79 Å². The summed E-state index contributed by atoms with van der Waals surface area (Å²) in [6.45, 7) is 9.19. The number of rotatable bonds is 6. The van der Waals surface area contributed by atoms with Crippen molar-refractivity contribution in [3.8, 4) is 0 Å². The lowest BCUT2D eigenvalue weighted by atomic mass is 10.1. The first-order valence-corrected chi connectivity index (χ1v) is 6.41. The van der Waals surface area contributed by atoms with Gasteiger partial charge < -0.3 is 4.90 Å². The third kappa shape index (κ3) is 4.76. The van der Waals surface area contributed by atoms with Crippen LogP contribution >= 0.6 is 22.6 Å².